The quantitative estimate of drug-likeness (QED) is 0.885. The van der Waals surface area contributed by atoms with E-state index in [2.05, 4.69) is 15.0 Å². The lowest BCUT2D eigenvalue weighted by Crippen LogP contribution is -2.33. The molecular formula is C16H20F2N4O. The SMILES string of the molecule is NCc1nc(CN(Cc2ccc(F)cc2F)C2CCCC2)no1. The number of hydrogen-bond acceptors (Lipinski definition) is 5. The summed E-state index contributed by atoms with van der Waals surface area (Å²) in [6.07, 6.45) is 4.44. The third-order valence-corrected chi connectivity index (χ3v) is 4.26. The molecule has 3 rings (SSSR count). The van der Waals surface area contributed by atoms with Crippen LogP contribution in [0.4, 0.5) is 8.78 Å². The van der Waals surface area contributed by atoms with Gasteiger partial charge in [-0.15, -0.1) is 0 Å². The predicted octanol–water partition coefficient (Wildman–Crippen LogP) is 2.75. The fourth-order valence-corrected chi connectivity index (χ4v) is 3.07. The first-order valence-electron chi connectivity index (χ1n) is 7.85. The van der Waals surface area contributed by atoms with E-state index in [1.807, 2.05) is 0 Å². The summed E-state index contributed by atoms with van der Waals surface area (Å²) in [5, 5.41) is 3.91. The molecule has 1 heterocycles. The van der Waals surface area contributed by atoms with E-state index in [1.165, 1.54) is 12.1 Å². The Labute approximate surface area is 133 Å². The van der Waals surface area contributed by atoms with Gasteiger partial charge in [0.05, 0.1) is 13.1 Å². The van der Waals surface area contributed by atoms with Crippen LogP contribution in [0, 0.1) is 11.6 Å². The Kier molecular flexibility index (Phi) is 4.97. The van der Waals surface area contributed by atoms with Crippen LogP contribution < -0.4 is 5.73 Å². The number of nitrogens with zero attached hydrogens (tertiary/aromatic N) is 3. The summed E-state index contributed by atoms with van der Waals surface area (Å²) >= 11 is 0. The molecule has 2 aromatic rings. The maximum absolute atomic E-state index is 14.0. The van der Waals surface area contributed by atoms with Gasteiger partial charge in [0, 0.05) is 24.2 Å². The fourth-order valence-electron chi connectivity index (χ4n) is 3.07. The smallest absolute Gasteiger partial charge is 0.240 e. The van der Waals surface area contributed by atoms with Crippen molar-refractivity contribution in [2.75, 3.05) is 0 Å². The molecule has 0 amide bonds. The molecule has 1 aromatic carbocycles. The van der Waals surface area contributed by atoms with Gasteiger partial charge in [-0.2, -0.15) is 4.98 Å². The van der Waals surface area contributed by atoms with Gasteiger partial charge in [-0.3, -0.25) is 4.90 Å². The van der Waals surface area contributed by atoms with Crippen molar-refractivity contribution >= 4 is 0 Å². The van der Waals surface area contributed by atoms with Crippen molar-refractivity contribution in [2.24, 2.45) is 5.73 Å². The summed E-state index contributed by atoms with van der Waals surface area (Å²) in [6, 6.07) is 4.04. The van der Waals surface area contributed by atoms with Crippen LogP contribution in [0.2, 0.25) is 0 Å². The maximum Gasteiger partial charge on any atom is 0.240 e. The molecule has 5 nitrogen and oxygen atoms in total. The van der Waals surface area contributed by atoms with Gasteiger partial charge in [-0.25, -0.2) is 8.78 Å². The van der Waals surface area contributed by atoms with Gasteiger partial charge in [0.15, 0.2) is 5.82 Å². The van der Waals surface area contributed by atoms with Crippen LogP contribution in [0.5, 0.6) is 0 Å². The van der Waals surface area contributed by atoms with Crippen molar-refractivity contribution in [3.05, 3.63) is 47.1 Å². The minimum absolute atomic E-state index is 0.197. The normalized spacial score (nSPS) is 15.7. The molecule has 124 valence electrons. The minimum atomic E-state index is -0.565. The molecule has 23 heavy (non-hydrogen) atoms. The molecule has 0 spiro atoms. The summed E-state index contributed by atoms with van der Waals surface area (Å²) in [6.45, 7) is 1.05. The molecule has 0 bridgehead atoms. The Hall–Kier alpha value is -1.86. The second-order valence-corrected chi connectivity index (χ2v) is 5.89. The van der Waals surface area contributed by atoms with Gasteiger partial charge in [-0.1, -0.05) is 24.1 Å². The van der Waals surface area contributed by atoms with Gasteiger partial charge in [-0.05, 0) is 18.9 Å². The van der Waals surface area contributed by atoms with Crippen LogP contribution in [0.15, 0.2) is 22.7 Å². The van der Waals surface area contributed by atoms with Crippen molar-refractivity contribution in [3.63, 3.8) is 0 Å². The Morgan fingerprint density at radius 2 is 2.00 bits per heavy atom. The van der Waals surface area contributed by atoms with Gasteiger partial charge in [0.2, 0.25) is 5.89 Å². The summed E-state index contributed by atoms with van der Waals surface area (Å²) in [7, 11) is 0. The van der Waals surface area contributed by atoms with E-state index in [4.69, 9.17) is 10.3 Å². The molecule has 1 aliphatic carbocycles. The van der Waals surface area contributed by atoms with Gasteiger partial charge >= 0.3 is 0 Å². The molecule has 0 radical (unpaired) electrons. The topological polar surface area (TPSA) is 68.2 Å². The molecule has 0 aliphatic heterocycles. The van der Waals surface area contributed by atoms with E-state index in [0.29, 0.717) is 36.4 Å². The maximum atomic E-state index is 14.0. The first-order valence-corrected chi connectivity index (χ1v) is 7.85. The second kappa shape index (κ2) is 7.14. The molecule has 2 N–H and O–H groups in total. The molecule has 7 heteroatoms. The zero-order valence-corrected chi connectivity index (χ0v) is 12.8. The van der Waals surface area contributed by atoms with Gasteiger partial charge in [0.25, 0.3) is 0 Å². The average molecular weight is 322 g/mol. The first-order chi connectivity index (χ1) is 11.2. The van der Waals surface area contributed by atoms with Crippen LogP contribution >= 0.6 is 0 Å². The Balaban J connectivity index is 1.77. The van der Waals surface area contributed by atoms with Gasteiger partial charge < -0.3 is 10.3 Å². The highest BCUT2D eigenvalue weighted by molar-refractivity contribution is 5.18. The van der Waals surface area contributed by atoms with Crippen molar-refractivity contribution in [1.82, 2.24) is 15.0 Å². The number of halogens is 2. The lowest BCUT2D eigenvalue weighted by atomic mass is 10.1. The summed E-state index contributed by atoms with van der Waals surface area (Å²) in [4.78, 5) is 6.35. The minimum Gasteiger partial charge on any atom is -0.338 e. The fraction of sp³-hybridized carbons (Fsp3) is 0.500. The molecule has 0 unspecified atom stereocenters. The highest BCUT2D eigenvalue weighted by Crippen LogP contribution is 2.26. The van der Waals surface area contributed by atoms with E-state index in [-0.39, 0.29) is 6.54 Å². The third-order valence-electron chi connectivity index (χ3n) is 4.26. The largest absolute Gasteiger partial charge is 0.338 e. The zero-order valence-electron chi connectivity index (χ0n) is 12.8. The molecule has 1 fully saturated rings. The highest BCUT2D eigenvalue weighted by Gasteiger charge is 2.25. The van der Waals surface area contributed by atoms with E-state index in [1.54, 1.807) is 0 Å². The molecule has 0 atom stereocenters. The number of rotatable bonds is 6. The van der Waals surface area contributed by atoms with Crippen molar-refractivity contribution in [1.29, 1.82) is 0 Å². The molecular weight excluding hydrogens is 302 g/mol. The van der Waals surface area contributed by atoms with E-state index >= 15 is 0 Å². The van der Waals surface area contributed by atoms with E-state index in [9.17, 15) is 8.78 Å². The lowest BCUT2D eigenvalue weighted by Gasteiger charge is -2.27. The van der Waals surface area contributed by atoms with Crippen LogP contribution in [-0.2, 0) is 19.6 Å². The van der Waals surface area contributed by atoms with Crippen molar-refractivity contribution in [2.45, 2.75) is 51.4 Å². The average Bonchev–Trinajstić information content (AvgIpc) is 3.20. The third kappa shape index (κ3) is 3.92. The van der Waals surface area contributed by atoms with Gasteiger partial charge in [0.1, 0.15) is 11.6 Å². The first kappa shape index (κ1) is 16.0. The van der Waals surface area contributed by atoms with Crippen LogP contribution in [0.3, 0.4) is 0 Å². The Morgan fingerprint density at radius 1 is 1.22 bits per heavy atom. The number of benzene rings is 1. The summed E-state index contributed by atoms with van der Waals surface area (Å²) < 4.78 is 32.1. The number of aromatic nitrogens is 2. The number of nitrogens with two attached hydrogens (primary N) is 1. The monoisotopic (exact) mass is 322 g/mol. The Bertz CT molecular complexity index is 655. The van der Waals surface area contributed by atoms with Crippen molar-refractivity contribution in [3.8, 4) is 0 Å². The molecule has 0 saturated heterocycles. The van der Waals surface area contributed by atoms with Crippen LogP contribution in [-0.4, -0.2) is 21.1 Å². The zero-order chi connectivity index (χ0) is 16.2. The van der Waals surface area contributed by atoms with Crippen LogP contribution in [0.1, 0.15) is 43.0 Å². The molecule has 1 aliphatic rings. The predicted molar refractivity (Wildman–Crippen MR) is 80.1 cm³/mol. The highest BCUT2D eigenvalue weighted by atomic mass is 19.1. The van der Waals surface area contributed by atoms with Crippen molar-refractivity contribution < 1.29 is 13.3 Å². The summed E-state index contributed by atoms with van der Waals surface area (Å²) in [5.74, 6) is -0.160. The summed E-state index contributed by atoms with van der Waals surface area (Å²) in [5.41, 5.74) is 5.95. The second-order valence-electron chi connectivity index (χ2n) is 5.89. The van der Waals surface area contributed by atoms with Crippen LogP contribution in [0.25, 0.3) is 0 Å². The Morgan fingerprint density at radius 3 is 2.65 bits per heavy atom. The van der Waals surface area contributed by atoms with E-state index in [0.717, 1.165) is 31.7 Å². The molecule has 1 saturated carbocycles. The number of hydrogen-bond donors (Lipinski definition) is 1. The lowest BCUT2D eigenvalue weighted by molar-refractivity contribution is 0.171. The molecule has 1 aromatic heterocycles. The van der Waals surface area contributed by atoms with E-state index < -0.39 is 11.6 Å². The standard InChI is InChI=1S/C16H20F2N4O/c17-12-6-5-11(14(18)7-12)9-22(13-3-1-2-4-13)10-15-20-16(8-19)23-21-15/h5-7,13H,1-4,8-10,19H2.